The Morgan fingerprint density at radius 1 is 1.42 bits per heavy atom. The zero-order valence-corrected chi connectivity index (χ0v) is 8.92. The van der Waals surface area contributed by atoms with Gasteiger partial charge in [-0.1, -0.05) is 0 Å². The minimum atomic E-state index is -3.47. The maximum absolute atomic E-state index is 13.6. The van der Waals surface area contributed by atoms with Crippen molar-refractivity contribution in [3.8, 4) is 5.75 Å². The average Bonchev–Trinajstić information content (AvgIpc) is 2.29. The molecule has 1 aromatic rings. The molecule has 0 fully saturated rings. The topological polar surface area (TPSA) is 110 Å². The van der Waals surface area contributed by atoms with Gasteiger partial charge in [-0.3, -0.25) is 10.1 Å². The lowest BCUT2D eigenvalue weighted by atomic mass is 10.1. The number of halogens is 3. The van der Waals surface area contributed by atoms with Gasteiger partial charge >= 0.3 is 12.6 Å². The number of hydrogen-bond donors (Lipinski definition) is 2. The Hall–Kier alpha value is -2.36. The number of benzene rings is 1. The Labute approximate surface area is 103 Å². The fourth-order valence-corrected chi connectivity index (χ4v) is 1.22. The number of hydrogen-bond acceptors (Lipinski definition) is 5. The molecule has 1 aromatic carbocycles. The molecule has 1 rings (SSSR count). The lowest BCUT2D eigenvalue weighted by Gasteiger charge is -2.11. The van der Waals surface area contributed by atoms with Crippen LogP contribution < -0.4 is 4.74 Å². The Bertz CT molecular complexity index is 521. The summed E-state index contributed by atoms with van der Waals surface area (Å²) < 4.78 is 41.2. The van der Waals surface area contributed by atoms with Crippen LogP contribution in [0, 0.1) is 15.9 Å². The fraction of sp³-hybridized carbons (Fsp3) is 0.222. The van der Waals surface area contributed by atoms with Crippen LogP contribution in [0.15, 0.2) is 12.1 Å². The van der Waals surface area contributed by atoms with E-state index >= 15 is 0 Å². The summed E-state index contributed by atoms with van der Waals surface area (Å²) in [5.74, 6) is -4.73. The maximum Gasteiger partial charge on any atom is 0.387 e. The summed E-state index contributed by atoms with van der Waals surface area (Å²) >= 11 is 0. The highest BCUT2D eigenvalue weighted by molar-refractivity contribution is 5.74. The summed E-state index contributed by atoms with van der Waals surface area (Å²) in [6.45, 7) is -3.47. The molecule has 0 radical (unpaired) electrons. The molecule has 10 heteroatoms. The van der Waals surface area contributed by atoms with Crippen LogP contribution in [0.4, 0.5) is 18.9 Å². The molecule has 2 N–H and O–H groups in total. The summed E-state index contributed by atoms with van der Waals surface area (Å²) in [5, 5.41) is 28.1. The van der Waals surface area contributed by atoms with Crippen molar-refractivity contribution in [2.75, 3.05) is 0 Å². The van der Waals surface area contributed by atoms with Gasteiger partial charge in [-0.25, -0.2) is 9.18 Å². The van der Waals surface area contributed by atoms with E-state index < -0.39 is 46.4 Å². The van der Waals surface area contributed by atoms with E-state index in [-0.39, 0.29) is 0 Å². The van der Waals surface area contributed by atoms with Crippen molar-refractivity contribution in [3.63, 3.8) is 0 Å². The van der Waals surface area contributed by atoms with Crippen LogP contribution in [-0.2, 0) is 4.79 Å². The molecule has 0 spiro atoms. The monoisotopic (exact) mass is 281 g/mol. The van der Waals surface area contributed by atoms with Crippen molar-refractivity contribution in [2.24, 2.45) is 0 Å². The predicted molar refractivity (Wildman–Crippen MR) is 52.3 cm³/mol. The number of nitro groups is 1. The third-order valence-electron chi connectivity index (χ3n) is 2.01. The average molecular weight is 281 g/mol. The zero-order chi connectivity index (χ0) is 14.7. The molecule has 0 aliphatic heterocycles. The van der Waals surface area contributed by atoms with Crippen LogP contribution in [0.2, 0.25) is 0 Å². The molecule has 19 heavy (non-hydrogen) atoms. The number of non-ortho nitro benzene ring substituents is 1. The smallest absolute Gasteiger partial charge is 0.387 e. The summed E-state index contributed by atoms with van der Waals surface area (Å²) in [4.78, 5) is 19.9. The van der Waals surface area contributed by atoms with E-state index in [2.05, 4.69) is 4.74 Å². The Morgan fingerprint density at radius 2 is 2.00 bits per heavy atom. The third kappa shape index (κ3) is 3.31. The molecule has 1 unspecified atom stereocenters. The summed E-state index contributed by atoms with van der Waals surface area (Å²) in [7, 11) is 0. The maximum atomic E-state index is 13.6. The molecule has 0 aliphatic rings. The standard InChI is InChI=1S/C9H6F3NO6/c10-6-4(7(14)8(15)16)1-3(13(17)18)2-5(6)19-9(11)12/h1-2,7,9,14H,(H,15,16). The molecule has 0 saturated carbocycles. The lowest BCUT2D eigenvalue weighted by Crippen LogP contribution is -2.14. The van der Waals surface area contributed by atoms with Gasteiger partial charge in [-0.05, 0) is 0 Å². The first kappa shape index (κ1) is 14.7. The van der Waals surface area contributed by atoms with Crippen molar-refractivity contribution in [1.29, 1.82) is 0 Å². The second-order valence-electron chi connectivity index (χ2n) is 3.22. The highest BCUT2D eigenvalue weighted by Gasteiger charge is 2.27. The van der Waals surface area contributed by atoms with Gasteiger partial charge < -0.3 is 14.9 Å². The van der Waals surface area contributed by atoms with E-state index in [0.717, 1.165) is 0 Å². The second-order valence-corrected chi connectivity index (χ2v) is 3.22. The van der Waals surface area contributed by atoms with Crippen LogP contribution in [0.1, 0.15) is 11.7 Å². The molecule has 0 amide bonds. The van der Waals surface area contributed by atoms with Crippen molar-refractivity contribution in [3.05, 3.63) is 33.6 Å². The Balaban J connectivity index is 3.40. The van der Waals surface area contributed by atoms with Gasteiger partial charge in [0.2, 0.25) is 0 Å². The number of ether oxygens (including phenoxy) is 1. The summed E-state index contributed by atoms with van der Waals surface area (Å²) in [6.07, 6.45) is -2.44. The molecule has 0 saturated heterocycles. The minimum absolute atomic E-state index is 0.361. The molecule has 7 nitrogen and oxygen atoms in total. The highest BCUT2D eigenvalue weighted by Crippen LogP contribution is 2.32. The van der Waals surface area contributed by atoms with Crippen molar-refractivity contribution < 1.29 is 37.8 Å². The van der Waals surface area contributed by atoms with E-state index in [4.69, 9.17) is 10.2 Å². The molecular weight excluding hydrogens is 275 g/mol. The largest absolute Gasteiger partial charge is 0.479 e. The number of carbonyl (C=O) groups is 1. The van der Waals surface area contributed by atoms with Crippen LogP contribution in [0.3, 0.4) is 0 Å². The van der Waals surface area contributed by atoms with Gasteiger partial charge in [-0.2, -0.15) is 8.78 Å². The number of alkyl halides is 2. The van der Waals surface area contributed by atoms with Crippen molar-refractivity contribution in [1.82, 2.24) is 0 Å². The quantitative estimate of drug-likeness (QED) is 0.624. The number of carboxylic acids is 1. The van der Waals surface area contributed by atoms with Gasteiger partial charge in [0.1, 0.15) is 0 Å². The number of nitro benzene ring substituents is 1. The number of rotatable bonds is 5. The van der Waals surface area contributed by atoms with Gasteiger partial charge in [0.25, 0.3) is 5.69 Å². The summed E-state index contributed by atoms with van der Waals surface area (Å²) in [5.41, 5.74) is -1.94. The second kappa shape index (κ2) is 5.52. The third-order valence-corrected chi connectivity index (χ3v) is 2.01. The molecule has 0 aliphatic carbocycles. The van der Waals surface area contributed by atoms with E-state index in [1.807, 2.05) is 0 Å². The first-order valence-electron chi connectivity index (χ1n) is 4.57. The van der Waals surface area contributed by atoms with E-state index in [9.17, 15) is 28.1 Å². The first-order valence-corrected chi connectivity index (χ1v) is 4.57. The van der Waals surface area contributed by atoms with Gasteiger partial charge in [0.15, 0.2) is 17.7 Å². The Morgan fingerprint density at radius 3 is 2.42 bits per heavy atom. The number of carboxylic acid groups (broad SMARTS) is 1. The molecular formula is C9H6F3NO6. The highest BCUT2D eigenvalue weighted by atomic mass is 19.3. The molecule has 0 heterocycles. The SMILES string of the molecule is O=C(O)C(O)c1cc([N+](=O)[O-])cc(OC(F)F)c1F. The fourth-order valence-electron chi connectivity index (χ4n) is 1.22. The van der Waals surface area contributed by atoms with Crippen LogP contribution in [0.5, 0.6) is 5.75 Å². The first-order chi connectivity index (χ1) is 8.73. The number of aliphatic carboxylic acids is 1. The van der Waals surface area contributed by atoms with Gasteiger partial charge in [-0.15, -0.1) is 0 Å². The van der Waals surface area contributed by atoms with Crippen molar-refractivity contribution in [2.45, 2.75) is 12.7 Å². The minimum Gasteiger partial charge on any atom is -0.479 e. The van der Waals surface area contributed by atoms with E-state index in [1.54, 1.807) is 0 Å². The van der Waals surface area contributed by atoms with Gasteiger partial charge in [0.05, 0.1) is 11.0 Å². The zero-order valence-electron chi connectivity index (χ0n) is 8.92. The van der Waals surface area contributed by atoms with Gasteiger partial charge in [0, 0.05) is 11.6 Å². The number of aliphatic hydroxyl groups is 1. The number of nitrogens with zero attached hydrogens (tertiary/aromatic N) is 1. The van der Waals surface area contributed by atoms with E-state index in [1.165, 1.54) is 0 Å². The molecule has 0 aromatic heterocycles. The van der Waals surface area contributed by atoms with Crippen molar-refractivity contribution >= 4 is 11.7 Å². The van der Waals surface area contributed by atoms with Crippen LogP contribution in [-0.4, -0.2) is 27.7 Å². The molecule has 0 bridgehead atoms. The van der Waals surface area contributed by atoms with E-state index in [0.29, 0.717) is 12.1 Å². The Kier molecular flexibility index (Phi) is 4.27. The summed E-state index contributed by atoms with van der Waals surface area (Å²) in [6, 6.07) is 0.784. The molecule has 104 valence electrons. The molecule has 1 atom stereocenters. The van der Waals surface area contributed by atoms with Crippen LogP contribution in [0.25, 0.3) is 0 Å². The van der Waals surface area contributed by atoms with Crippen LogP contribution >= 0.6 is 0 Å². The predicted octanol–water partition coefficient (Wildman–Crippen LogP) is 1.45. The lowest BCUT2D eigenvalue weighted by molar-refractivity contribution is -0.385. The normalized spacial score (nSPS) is 12.3. The number of aliphatic hydroxyl groups excluding tert-OH is 1.